The monoisotopic (exact) mass is 242 g/mol. The van der Waals surface area contributed by atoms with Gasteiger partial charge in [-0.1, -0.05) is 11.6 Å². The zero-order chi connectivity index (χ0) is 11.0. The Labute approximate surface area is 89.7 Å². The Balaban J connectivity index is 4.54. The van der Waals surface area contributed by atoms with Crippen LogP contribution >= 0.6 is 19.2 Å². The average Bonchev–Trinajstić information content (AvgIpc) is 2.15. The average molecular weight is 243 g/mol. The largest absolute Gasteiger partial charge is 0.500 e. The Hall–Kier alpha value is -0.0200. The van der Waals surface area contributed by atoms with Gasteiger partial charge in [-0.2, -0.15) is 0 Å². The molecule has 84 valence electrons. The van der Waals surface area contributed by atoms with Crippen molar-refractivity contribution < 1.29 is 18.3 Å². The molecule has 0 aromatic rings. The highest BCUT2D eigenvalue weighted by atomic mass is 35.5. The minimum atomic E-state index is -3.34. The fourth-order valence-electron chi connectivity index (χ4n) is 0.717. The number of hydrogen-bond donors (Lipinski definition) is 0. The molecule has 0 heterocycles. The van der Waals surface area contributed by atoms with Crippen LogP contribution in [0.25, 0.3) is 0 Å². The van der Waals surface area contributed by atoms with E-state index in [1.54, 1.807) is 20.8 Å². The molecular formula is C8H16ClO4P. The maximum absolute atomic E-state index is 11.9. The molecule has 0 saturated heterocycles. The molecular weight excluding hydrogens is 227 g/mol. The lowest BCUT2D eigenvalue weighted by Crippen LogP contribution is -1.96. The summed E-state index contributed by atoms with van der Waals surface area (Å²) in [7, 11) is -3.34. The molecule has 0 unspecified atom stereocenters. The van der Waals surface area contributed by atoms with E-state index < -0.39 is 7.60 Å². The maximum atomic E-state index is 11.9. The van der Waals surface area contributed by atoms with Gasteiger partial charge >= 0.3 is 7.60 Å². The van der Waals surface area contributed by atoms with Crippen molar-refractivity contribution in [2.75, 3.05) is 19.8 Å². The van der Waals surface area contributed by atoms with Crippen molar-refractivity contribution in [3.63, 3.8) is 0 Å². The second-order valence-electron chi connectivity index (χ2n) is 2.23. The summed E-state index contributed by atoms with van der Waals surface area (Å²) in [5.74, 6) is 0. The van der Waals surface area contributed by atoms with Crippen molar-refractivity contribution >= 4 is 19.2 Å². The Morgan fingerprint density at radius 1 is 1.21 bits per heavy atom. The van der Waals surface area contributed by atoms with Gasteiger partial charge in [0.25, 0.3) is 0 Å². The topological polar surface area (TPSA) is 44.8 Å². The molecule has 0 aromatic heterocycles. The highest BCUT2D eigenvalue weighted by Gasteiger charge is 2.28. The van der Waals surface area contributed by atoms with Crippen LogP contribution in [0.15, 0.2) is 11.0 Å². The molecule has 0 rings (SSSR count). The van der Waals surface area contributed by atoms with E-state index in [0.717, 1.165) is 0 Å². The summed E-state index contributed by atoms with van der Waals surface area (Å²) in [6.07, 6.45) is 1.20. The first-order valence-corrected chi connectivity index (χ1v) is 6.39. The number of rotatable bonds is 7. The van der Waals surface area contributed by atoms with E-state index in [4.69, 9.17) is 25.4 Å². The summed E-state index contributed by atoms with van der Waals surface area (Å²) >= 11 is 5.75. The minimum Gasteiger partial charge on any atom is -0.500 e. The van der Waals surface area contributed by atoms with Gasteiger partial charge in [0, 0.05) is 0 Å². The predicted octanol–water partition coefficient (Wildman–Crippen LogP) is 3.33. The minimum absolute atomic E-state index is 0.0250. The van der Waals surface area contributed by atoms with Gasteiger partial charge < -0.3 is 13.8 Å². The van der Waals surface area contributed by atoms with E-state index in [0.29, 0.717) is 6.61 Å². The van der Waals surface area contributed by atoms with Crippen molar-refractivity contribution in [1.82, 2.24) is 0 Å². The quantitative estimate of drug-likeness (QED) is 0.507. The molecule has 0 atom stereocenters. The van der Waals surface area contributed by atoms with Gasteiger partial charge in [0.05, 0.1) is 19.8 Å². The molecule has 14 heavy (non-hydrogen) atoms. The molecule has 0 radical (unpaired) electrons. The third kappa shape index (κ3) is 4.47. The first-order valence-electron chi connectivity index (χ1n) is 4.47. The molecule has 0 aliphatic heterocycles. The summed E-state index contributed by atoms with van der Waals surface area (Å²) in [6.45, 7) is 6.23. The van der Waals surface area contributed by atoms with Crippen molar-refractivity contribution in [1.29, 1.82) is 0 Å². The van der Waals surface area contributed by atoms with Crippen LogP contribution in [0, 0.1) is 0 Å². The first kappa shape index (κ1) is 14.0. The van der Waals surface area contributed by atoms with Crippen LogP contribution in [0.5, 0.6) is 0 Å². The molecule has 0 N–H and O–H groups in total. The van der Waals surface area contributed by atoms with E-state index >= 15 is 0 Å². The second kappa shape index (κ2) is 7.30. The standard InChI is InChI=1S/C8H16ClO4P/c1-4-11-7-8(9)14(10,12-5-2)13-6-3/h7H,4-6H2,1-3H3/b8-7+. The predicted molar refractivity (Wildman–Crippen MR) is 56.4 cm³/mol. The number of ether oxygens (including phenoxy) is 1. The van der Waals surface area contributed by atoms with Crippen molar-refractivity contribution in [3.8, 4) is 0 Å². The van der Waals surface area contributed by atoms with Crippen molar-refractivity contribution in [2.24, 2.45) is 0 Å². The van der Waals surface area contributed by atoms with Gasteiger partial charge in [0.1, 0.15) is 6.26 Å². The van der Waals surface area contributed by atoms with E-state index in [1.165, 1.54) is 6.26 Å². The fourth-order valence-corrected chi connectivity index (χ4v) is 2.28. The lowest BCUT2D eigenvalue weighted by atomic mass is 10.9. The second-order valence-corrected chi connectivity index (χ2v) is 4.89. The lowest BCUT2D eigenvalue weighted by Gasteiger charge is -2.15. The summed E-state index contributed by atoms with van der Waals surface area (Å²) in [6, 6.07) is 0. The SMILES string of the molecule is CCO/C=C(\Cl)P(=O)(OCC)OCC. The number of hydrogen-bond acceptors (Lipinski definition) is 4. The molecule has 0 fully saturated rings. The van der Waals surface area contributed by atoms with Gasteiger partial charge in [-0.05, 0) is 20.8 Å². The zero-order valence-electron chi connectivity index (χ0n) is 8.66. The van der Waals surface area contributed by atoms with Crippen LogP contribution in [0.4, 0.5) is 0 Å². The van der Waals surface area contributed by atoms with Crippen LogP contribution < -0.4 is 0 Å². The van der Waals surface area contributed by atoms with E-state index in [2.05, 4.69) is 0 Å². The molecule has 0 spiro atoms. The molecule has 0 saturated carbocycles. The van der Waals surface area contributed by atoms with Gasteiger partial charge in [-0.3, -0.25) is 4.57 Å². The van der Waals surface area contributed by atoms with Crippen LogP contribution in [-0.2, 0) is 18.3 Å². The first-order chi connectivity index (χ1) is 6.60. The Morgan fingerprint density at radius 2 is 1.71 bits per heavy atom. The fraction of sp³-hybridized carbons (Fsp3) is 0.750. The van der Waals surface area contributed by atoms with Gasteiger partial charge in [0.15, 0.2) is 4.77 Å². The highest BCUT2D eigenvalue weighted by Crippen LogP contribution is 2.57. The summed E-state index contributed by atoms with van der Waals surface area (Å²) in [4.78, 5) is 0. The van der Waals surface area contributed by atoms with Crippen LogP contribution in [0.2, 0.25) is 0 Å². The summed E-state index contributed by atoms with van der Waals surface area (Å²) < 4.78 is 26.7. The molecule has 0 aromatic carbocycles. The van der Waals surface area contributed by atoms with Crippen molar-refractivity contribution in [3.05, 3.63) is 11.0 Å². The highest BCUT2D eigenvalue weighted by molar-refractivity contribution is 7.61. The van der Waals surface area contributed by atoms with Gasteiger partial charge in [-0.15, -0.1) is 0 Å². The maximum Gasteiger partial charge on any atom is 0.375 e. The third-order valence-electron chi connectivity index (χ3n) is 1.21. The van der Waals surface area contributed by atoms with Crippen LogP contribution in [-0.4, -0.2) is 19.8 Å². The van der Waals surface area contributed by atoms with Gasteiger partial charge in [-0.25, -0.2) is 0 Å². The molecule has 0 aliphatic rings. The number of halogens is 1. The van der Waals surface area contributed by atoms with E-state index in [1.807, 2.05) is 0 Å². The van der Waals surface area contributed by atoms with Crippen LogP contribution in [0.3, 0.4) is 0 Å². The van der Waals surface area contributed by atoms with Crippen molar-refractivity contribution in [2.45, 2.75) is 20.8 Å². The van der Waals surface area contributed by atoms with E-state index in [-0.39, 0.29) is 18.0 Å². The molecule has 0 aliphatic carbocycles. The Morgan fingerprint density at radius 3 is 2.07 bits per heavy atom. The zero-order valence-corrected chi connectivity index (χ0v) is 10.3. The lowest BCUT2D eigenvalue weighted by molar-refractivity contribution is 0.224. The molecule has 0 amide bonds. The Bertz CT molecular complexity index is 219. The molecule has 6 heteroatoms. The van der Waals surface area contributed by atoms with Crippen LogP contribution in [0.1, 0.15) is 20.8 Å². The normalized spacial score (nSPS) is 13.0. The summed E-state index contributed by atoms with van der Waals surface area (Å²) in [5, 5.41) is 0. The molecule has 4 nitrogen and oxygen atoms in total. The van der Waals surface area contributed by atoms with E-state index in [9.17, 15) is 4.57 Å². The molecule has 0 bridgehead atoms. The smallest absolute Gasteiger partial charge is 0.375 e. The van der Waals surface area contributed by atoms with Gasteiger partial charge in [0.2, 0.25) is 0 Å². The Kier molecular flexibility index (Phi) is 7.28. The summed E-state index contributed by atoms with van der Waals surface area (Å²) in [5.41, 5.74) is 0. The third-order valence-corrected chi connectivity index (χ3v) is 3.74.